The third kappa shape index (κ3) is 5.87. The van der Waals surface area contributed by atoms with Crippen molar-refractivity contribution in [2.75, 3.05) is 39.0 Å². The molecule has 0 amide bonds. The second-order valence-corrected chi connectivity index (χ2v) is 7.85. The molecule has 0 aliphatic rings. The number of likely N-dealkylation sites (N-methyl/N-ethyl adjacent to an activating group) is 2. The monoisotopic (exact) mass is 410 g/mol. The molecule has 1 unspecified atom stereocenters. The summed E-state index contributed by atoms with van der Waals surface area (Å²) in [4.78, 5) is 6.87. The largest absolute Gasteiger partial charge is 0.368 e. The number of aromatic nitrogens is 1. The van der Waals surface area contributed by atoms with Crippen molar-refractivity contribution in [1.29, 1.82) is 0 Å². The Hall–Kier alpha value is -1.76. The van der Waals surface area contributed by atoms with Crippen molar-refractivity contribution in [3.05, 3.63) is 46.5 Å². The number of hydrogen-bond donors (Lipinski definition) is 2. The summed E-state index contributed by atoms with van der Waals surface area (Å²) in [6.07, 6.45) is 0. The van der Waals surface area contributed by atoms with Crippen LogP contribution in [0.2, 0.25) is 5.02 Å². The number of hydrogen-bond acceptors (Lipinski definition) is 4. The maximum Gasteiger partial charge on any atom is 0.135 e. The first-order valence-electron chi connectivity index (χ1n) is 9.48. The van der Waals surface area contributed by atoms with Crippen LogP contribution >= 0.6 is 11.6 Å². The van der Waals surface area contributed by atoms with Gasteiger partial charge in [-0.05, 0) is 52.1 Å². The first-order chi connectivity index (χ1) is 13.2. The van der Waals surface area contributed by atoms with E-state index in [0.717, 1.165) is 31.3 Å². The van der Waals surface area contributed by atoms with E-state index in [1.54, 1.807) is 0 Å². The molecule has 7 heteroatoms. The minimum Gasteiger partial charge on any atom is -0.368 e. The van der Waals surface area contributed by atoms with E-state index in [9.17, 15) is 8.78 Å². The lowest BCUT2D eigenvalue weighted by Crippen LogP contribution is -2.30. The van der Waals surface area contributed by atoms with Crippen molar-refractivity contribution in [2.45, 2.75) is 32.7 Å². The molecule has 1 aromatic carbocycles. The zero-order valence-corrected chi connectivity index (χ0v) is 17.9. The van der Waals surface area contributed by atoms with Crippen LogP contribution in [0.1, 0.15) is 32.3 Å². The first-order valence-corrected chi connectivity index (χ1v) is 9.86. The predicted molar refractivity (Wildman–Crippen MR) is 113 cm³/mol. The van der Waals surface area contributed by atoms with Crippen LogP contribution in [0.5, 0.6) is 0 Å². The van der Waals surface area contributed by atoms with Crippen LogP contribution in [-0.2, 0) is 0 Å². The van der Waals surface area contributed by atoms with Gasteiger partial charge in [-0.1, -0.05) is 18.5 Å². The summed E-state index contributed by atoms with van der Waals surface area (Å²) in [7, 11) is 4.00. The topological polar surface area (TPSA) is 40.2 Å². The molecule has 0 aliphatic heterocycles. The second-order valence-electron chi connectivity index (χ2n) is 7.45. The maximum atomic E-state index is 14.3. The summed E-state index contributed by atoms with van der Waals surface area (Å²) in [5.41, 5.74) is 1.46. The predicted octanol–water partition coefficient (Wildman–Crippen LogP) is 4.76. The molecule has 2 rings (SSSR count). The fourth-order valence-electron chi connectivity index (χ4n) is 3.10. The fraction of sp³-hybridized carbons (Fsp3) is 0.476. The molecule has 0 fully saturated rings. The van der Waals surface area contributed by atoms with Crippen LogP contribution in [0.25, 0.3) is 11.3 Å². The lowest BCUT2D eigenvalue weighted by atomic mass is 9.99. The van der Waals surface area contributed by atoms with Gasteiger partial charge in [0.15, 0.2) is 0 Å². The molecule has 0 aliphatic carbocycles. The molecule has 2 N–H and O–H groups in total. The zero-order valence-electron chi connectivity index (χ0n) is 17.1. The Kier molecular flexibility index (Phi) is 8.16. The molecular formula is C21H29ClF2N4. The number of pyridine rings is 1. The van der Waals surface area contributed by atoms with Gasteiger partial charge in [0.05, 0.1) is 10.7 Å². The molecular weight excluding hydrogens is 382 g/mol. The number of benzene rings is 1. The first kappa shape index (κ1) is 22.5. The van der Waals surface area contributed by atoms with Crippen LogP contribution < -0.4 is 10.6 Å². The van der Waals surface area contributed by atoms with Gasteiger partial charge in [-0.2, -0.15) is 0 Å². The average molecular weight is 411 g/mol. The summed E-state index contributed by atoms with van der Waals surface area (Å²) in [6.45, 7) is 8.81. The zero-order chi connectivity index (χ0) is 20.8. The van der Waals surface area contributed by atoms with Gasteiger partial charge in [0.25, 0.3) is 0 Å². The summed E-state index contributed by atoms with van der Waals surface area (Å²) >= 11 is 6.47. The Morgan fingerprint density at radius 3 is 2.50 bits per heavy atom. The average Bonchev–Trinajstić information content (AvgIpc) is 2.61. The van der Waals surface area contributed by atoms with E-state index in [2.05, 4.69) is 34.5 Å². The van der Waals surface area contributed by atoms with Gasteiger partial charge in [-0.3, -0.25) is 0 Å². The van der Waals surface area contributed by atoms with Gasteiger partial charge in [0.1, 0.15) is 17.5 Å². The molecule has 28 heavy (non-hydrogen) atoms. The van der Waals surface area contributed by atoms with Crippen molar-refractivity contribution in [1.82, 2.24) is 15.2 Å². The Balaban J connectivity index is 2.42. The second kappa shape index (κ2) is 10.1. The molecule has 4 nitrogen and oxygen atoms in total. The van der Waals surface area contributed by atoms with E-state index in [0.29, 0.717) is 16.5 Å². The molecule has 1 aromatic heterocycles. The van der Waals surface area contributed by atoms with Crippen LogP contribution in [0.4, 0.5) is 14.6 Å². The molecule has 154 valence electrons. The van der Waals surface area contributed by atoms with Crippen molar-refractivity contribution in [3.63, 3.8) is 0 Å². The number of nitrogens with zero attached hydrogens (tertiary/aromatic N) is 2. The molecule has 0 spiro atoms. The molecule has 1 atom stereocenters. The van der Waals surface area contributed by atoms with Gasteiger partial charge >= 0.3 is 0 Å². The lowest BCUT2D eigenvalue weighted by Gasteiger charge is -2.24. The van der Waals surface area contributed by atoms with E-state index in [-0.39, 0.29) is 17.5 Å². The Morgan fingerprint density at radius 1 is 1.18 bits per heavy atom. The molecule has 0 radical (unpaired) electrons. The van der Waals surface area contributed by atoms with Gasteiger partial charge in [-0.15, -0.1) is 0 Å². The quantitative estimate of drug-likeness (QED) is 0.625. The Labute approximate surface area is 171 Å². The summed E-state index contributed by atoms with van der Waals surface area (Å²) < 4.78 is 27.6. The SMILES string of the molecule is CNCCN(C)CC(C)c1cc(Cl)c(-c2ccc(F)cc2F)nc1NC(C)C. The van der Waals surface area contributed by atoms with Crippen molar-refractivity contribution >= 4 is 17.4 Å². The van der Waals surface area contributed by atoms with Crippen molar-refractivity contribution in [2.24, 2.45) is 0 Å². The Bertz CT molecular complexity index is 798. The highest BCUT2D eigenvalue weighted by Crippen LogP contribution is 2.35. The normalized spacial score (nSPS) is 12.6. The van der Waals surface area contributed by atoms with Crippen LogP contribution in [0.3, 0.4) is 0 Å². The number of anilines is 1. The minimum absolute atomic E-state index is 0.146. The number of rotatable bonds is 9. The molecule has 2 aromatic rings. The summed E-state index contributed by atoms with van der Waals surface area (Å²) in [6, 6.07) is 5.41. The maximum absolute atomic E-state index is 14.3. The third-order valence-electron chi connectivity index (χ3n) is 4.48. The molecule has 0 saturated heterocycles. The highest BCUT2D eigenvalue weighted by atomic mass is 35.5. The smallest absolute Gasteiger partial charge is 0.135 e. The van der Waals surface area contributed by atoms with E-state index < -0.39 is 11.6 Å². The van der Waals surface area contributed by atoms with Gasteiger partial charge in [-0.25, -0.2) is 13.8 Å². The highest BCUT2D eigenvalue weighted by Gasteiger charge is 2.20. The van der Waals surface area contributed by atoms with E-state index in [1.165, 1.54) is 12.1 Å². The van der Waals surface area contributed by atoms with E-state index >= 15 is 0 Å². The van der Waals surface area contributed by atoms with E-state index in [1.807, 2.05) is 27.0 Å². The van der Waals surface area contributed by atoms with Gasteiger partial charge in [0, 0.05) is 42.9 Å². The Morgan fingerprint density at radius 2 is 1.89 bits per heavy atom. The lowest BCUT2D eigenvalue weighted by molar-refractivity contribution is 0.318. The van der Waals surface area contributed by atoms with Crippen LogP contribution in [0.15, 0.2) is 24.3 Å². The minimum atomic E-state index is -0.683. The van der Waals surface area contributed by atoms with Crippen LogP contribution in [-0.4, -0.2) is 49.7 Å². The third-order valence-corrected chi connectivity index (χ3v) is 4.77. The van der Waals surface area contributed by atoms with Gasteiger partial charge < -0.3 is 15.5 Å². The fourth-order valence-corrected chi connectivity index (χ4v) is 3.36. The highest BCUT2D eigenvalue weighted by molar-refractivity contribution is 6.33. The van der Waals surface area contributed by atoms with Gasteiger partial charge in [0.2, 0.25) is 0 Å². The van der Waals surface area contributed by atoms with Crippen LogP contribution in [0, 0.1) is 11.6 Å². The number of nitrogens with one attached hydrogen (secondary N) is 2. The standard InChI is InChI=1S/C21H29ClF2N4/c1-13(2)26-21-17(14(3)12-28(5)9-8-25-4)11-18(22)20(27-21)16-7-6-15(23)10-19(16)24/h6-7,10-11,13-14,25H,8-9,12H2,1-5H3,(H,26,27). The molecule has 1 heterocycles. The molecule has 0 bridgehead atoms. The number of halogens is 3. The molecule has 0 saturated carbocycles. The summed E-state index contributed by atoms with van der Waals surface area (Å²) in [5.74, 6) is -0.474. The van der Waals surface area contributed by atoms with Crippen molar-refractivity contribution < 1.29 is 8.78 Å². The summed E-state index contributed by atoms with van der Waals surface area (Å²) in [5, 5.41) is 6.83. The van der Waals surface area contributed by atoms with Crippen molar-refractivity contribution in [3.8, 4) is 11.3 Å². The van der Waals surface area contributed by atoms with E-state index in [4.69, 9.17) is 11.6 Å².